The Kier molecular flexibility index (Phi) is 12.3. The minimum atomic E-state index is -5.08. The van der Waals surface area contributed by atoms with Gasteiger partial charge in [0.15, 0.2) is 5.96 Å². The van der Waals surface area contributed by atoms with E-state index in [0.717, 1.165) is 19.2 Å². The van der Waals surface area contributed by atoms with Crippen molar-refractivity contribution in [2.24, 2.45) is 4.99 Å². The minimum absolute atomic E-state index is 0.00145. The Labute approximate surface area is 274 Å². The van der Waals surface area contributed by atoms with Gasteiger partial charge in [-0.2, -0.15) is 35.8 Å². The number of halogens is 9. The van der Waals surface area contributed by atoms with Crippen molar-refractivity contribution in [2.45, 2.75) is 31.0 Å². The Morgan fingerprint density at radius 3 is 2.35 bits per heavy atom. The third-order valence-corrected chi connectivity index (χ3v) is 6.52. The molecule has 1 aliphatic heterocycles. The first-order valence-electron chi connectivity index (χ1n) is 13.5. The van der Waals surface area contributed by atoms with Crippen LogP contribution in [-0.4, -0.2) is 84.1 Å². The van der Waals surface area contributed by atoms with Crippen LogP contribution in [0.15, 0.2) is 35.3 Å². The molecule has 4 rings (SSSR count). The summed E-state index contributed by atoms with van der Waals surface area (Å²) >= 11 is 5.85. The highest BCUT2D eigenvalue weighted by molar-refractivity contribution is 6.30. The van der Waals surface area contributed by atoms with Crippen LogP contribution in [0.5, 0.6) is 0 Å². The van der Waals surface area contributed by atoms with Gasteiger partial charge in [-0.1, -0.05) is 11.6 Å². The Bertz CT molecular complexity index is 1750. The third kappa shape index (κ3) is 10.9. The number of carbonyl (C=O) groups is 4. The number of aromatic amines is 1. The van der Waals surface area contributed by atoms with Gasteiger partial charge in [-0.15, -0.1) is 0 Å². The molecule has 2 aromatic carbocycles. The summed E-state index contributed by atoms with van der Waals surface area (Å²) in [5.74, 6) is -5.87. The van der Waals surface area contributed by atoms with E-state index < -0.39 is 72.8 Å². The Morgan fingerprint density at radius 2 is 1.78 bits per heavy atom. The molecule has 2 amide bonds. The summed E-state index contributed by atoms with van der Waals surface area (Å²) in [5.41, 5.74) is -1.10. The fourth-order valence-electron chi connectivity index (χ4n) is 4.06. The van der Waals surface area contributed by atoms with Crippen molar-refractivity contribution in [3.63, 3.8) is 0 Å². The van der Waals surface area contributed by atoms with Crippen LogP contribution in [0.2, 0.25) is 5.02 Å². The minimum Gasteiger partial charge on any atom is -0.475 e. The lowest BCUT2D eigenvalue weighted by molar-refractivity contribution is -0.192. The number of amides is 2. The maximum Gasteiger partial charge on any atom is 0.490 e. The molecular formula is C27H24ClF8N7O6. The number of aromatic nitrogens is 2. The molecule has 2 heterocycles. The molecular weight excluding hydrogens is 706 g/mol. The van der Waals surface area contributed by atoms with Crippen molar-refractivity contribution in [1.82, 2.24) is 26.1 Å². The number of benzene rings is 2. The van der Waals surface area contributed by atoms with Gasteiger partial charge in [-0.3, -0.25) is 19.5 Å². The highest BCUT2D eigenvalue weighted by atomic mass is 35.5. The van der Waals surface area contributed by atoms with Gasteiger partial charge in [-0.25, -0.2) is 14.2 Å². The van der Waals surface area contributed by atoms with E-state index in [9.17, 15) is 49.5 Å². The second kappa shape index (κ2) is 15.8. The number of guanidine groups is 1. The van der Waals surface area contributed by atoms with Crippen molar-refractivity contribution >= 4 is 57.9 Å². The first-order valence-corrected chi connectivity index (χ1v) is 13.9. The topological polar surface area (TPSA) is 187 Å². The number of alkyl halides is 7. The number of esters is 1. The number of carboxylic acids is 1. The molecule has 0 saturated heterocycles. The number of aliphatic imine (C=N–C) groups is 1. The fraction of sp³-hybridized carbons (Fsp3) is 0.333. The van der Waals surface area contributed by atoms with Gasteiger partial charge in [0.2, 0.25) is 11.9 Å². The number of H-pyrrole nitrogens is 1. The number of carboxylic acid groups (broad SMARTS) is 1. The van der Waals surface area contributed by atoms with Crippen molar-refractivity contribution in [2.75, 3.05) is 32.1 Å². The summed E-state index contributed by atoms with van der Waals surface area (Å²) in [7, 11) is 1.07. The number of aliphatic carboxylic acids is 1. The van der Waals surface area contributed by atoms with E-state index in [-0.39, 0.29) is 51.8 Å². The van der Waals surface area contributed by atoms with Gasteiger partial charge in [0.1, 0.15) is 6.17 Å². The van der Waals surface area contributed by atoms with Crippen LogP contribution < -0.4 is 21.3 Å². The lowest BCUT2D eigenvalue weighted by atomic mass is 10.0. The zero-order valence-electron chi connectivity index (χ0n) is 24.7. The number of ether oxygens (including phenoxy) is 1. The molecule has 3 aromatic rings. The molecule has 13 nitrogen and oxygen atoms in total. The number of hydrogen-bond acceptors (Lipinski definition) is 9. The molecule has 1 aliphatic rings. The van der Waals surface area contributed by atoms with E-state index in [2.05, 4.69) is 41.2 Å². The fourth-order valence-corrected chi connectivity index (χ4v) is 4.30. The normalized spacial score (nSPS) is 15.1. The van der Waals surface area contributed by atoms with E-state index in [4.69, 9.17) is 21.5 Å². The average Bonchev–Trinajstić information content (AvgIpc) is 3.40. The monoisotopic (exact) mass is 729 g/mol. The standard InChI is InChI=1S/C25H23ClF5N7O4.C2HF3O2/c1-42-20(40)7-16(11-2-13(25(29,30)31)6-14(26)3-11)35-19(39)10-32-23(41)12-4-17(21-18(5-12)37-38-22(21)28)36-24-33-8-15(27)9-34-24;3-2(4,5)1(6)7/h2-6,15-16H,7-10H2,1H3,(H,32,41)(H,35,39)(H,37,38)(H2,33,34,36);(H,6,7)/t16-;/m0./s1. The number of nitrogens with zero attached hydrogens (tertiary/aromatic N) is 2. The molecule has 0 bridgehead atoms. The molecule has 6 N–H and O–H groups in total. The van der Waals surface area contributed by atoms with Gasteiger partial charge in [0, 0.05) is 10.6 Å². The molecule has 1 aromatic heterocycles. The van der Waals surface area contributed by atoms with Gasteiger partial charge in [-0.05, 0) is 35.9 Å². The lowest BCUT2D eigenvalue weighted by Crippen LogP contribution is -2.41. The van der Waals surface area contributed by atoms with E-state index in [0.29, 0.717) is 6.07 Å². The summed E-state index contributed by atoms with van der Waals surface area (Å²) in [6.45, 7) is -0.793. The van der Waals surface area contributed by atoms with E-state index in [1.807, 2.05) is 0 Å². The summed E-state index contributed by atoms with van der Waals surface area (Å²) in [4.78, 5) is 50.4. The number of fused-ring (bicyclic) bond motifs is 1. The van der Waals surface area contributed by atoms with E-state index >= 15 is 0 Å². The van der Waals surface area contributed by atoms with Gasteiger partial charge >= 0.3 is 24.3 Å². The smallest absolute Gasteiger partial charge is 0.475 e. The zero-order chi connectivity index (χ0) is 36.7. The summed E-state index contributed by atoms with van der Waals surface area (Å²) in [5, 5.41) is 23.1. The van der Waals surface area contributed by atoms with Crippen molar-refractivity contribution < 1.29 is 64.1 Å². The molecule has 0 saturated carbocycles. The number of carbonyl (C=O) groups excluding carboxylic acids is 3. The molecule has 266 valence electrons. The zero-order valence-corrected chi connectivity index (χ0v) is 25.4. The summed E-state index contributed by atoms with van der Waals surface area (Å²) in [6.07, 6.45) is -11.5. The molecule has 49 heavy (non-hydrogen) atoms. The molecule has 0 aliphatic carbocycles. The SMILES string of the molecule is COC(=O)C[C@H](NC(=O)CNC(=O)c1cc(NC2=NCC(F)CN2)c2c(F)[nH]nc2c1)c1cc(Cl)cc(C(F)(F)F)c1.O=C(O)C(F)(F)F. The van der Waals surface area contributed by atoms with Crippen LogP contribution in [0.4, 0.5) is 40.8 Å². The lowest BCUT2D eigenvalue weighted by Gasteiger charge is -2.20. The van der Waals surface area contributed by atoms with E-state index in [1.54, 1.807) is 0 Å². The molecule has 0 fully saturated rings. The van der Waals surface area contributed by atoms with Crippen LogP contribution in [-0.2, 0) is 25.3 Å². The van der Waals surface area contributed by atoms with Gasteiger partial charge in [0.25, 0.3) is 5.91 Å². The highest BCUT2D eigenvalue weighted by Gasteiger charge is 2.38. The van der Waals surface area contributed by atoms with Crippen LogP contribution in [0.3, 0.4) is 0 Å². The van der Waals surface area contributed by atoms with Crippen molar-refractivity contribution in [3.8, 4) is 0 Å². The maximum atomic E-state index is 14.4. The van der Waals surface area contributed by atoms with E-state index in [1.165, 1.54) is 12.1 Å². The maximum absolute atomic E-state index is 14.4. The first-order chi connectivity index (χ1) is 22.8. The Hall–Kier alpha value is -5.21. The molecule has 1 unspecified atom stereocenters. The molecule has 2 atom stereocenters. The van der Waals surface area contributed by atoms with Crippen LogP contribution in [0.25, 0.3) is 10.9 Å². The second-order valence-electron chi connectivity index (χ2n) is 9.90. The number of methoxy groups -OCH3 is 1. The highest BCUT2D eigenvalue weighted by Crippen LogP contribution is 2.34. The van der Waals surface area contributed by atoms with Crippen LogP contribution in [0, 0.1) is 5.95 Å². The molecule has 0 radical (unpaired) electrons. The van der Waals surface area contributed by atoms with Crippen LogP contribution >= 0.6 is 11.6 Å². The average molecular weight is 730 g/mol. The van der Waals surface area contributed by atoms with Gasteiger partial charge in [0.05, 0.1) is 61.4 Å². The predicted octanol–water partition coefficient (Wildman–Crippen LogP) is 3.87. The summed E-state index contributed by atoms with van der Waals surface area (Å²) < 4.78 is 104. The second-order valence-corrected chi connectivity index (χ2v) is 10.3. The first kappa shape index (κ1) is 38.2. The number of anilines is 1. The number of hydrogen-bond donors (Lipinski definition) is 6. The van der Waals surface area contributed by atoms with Crippen LogP contribution in [0.1, 0.15) is 33.9 Å². The quantitative estimate of drug-likeness (QED) is 0.148. The van der Waals surface area contributed by atoms with Crippen molar-refractivity contribution in [1.29, 1.82) is 0 Å². The Morgan fingerprint density at radius 1 is 1.10 bits per heavy atom. The predicted molar refractivity (Wildman–Crippen MR) is 155 cm³/mol. The summed E-state index contributed by atoms with van der Waals surface area (Å²) in [6, 6.07) is 3.85. The number of nitrogens with one attached hydrogen (secondary N) is 5. The van der Waals surface area contributed by atoms with Gasteiger partial charge < -0.3 is 31.1 Å². The van der Waals surface area contributed by atoms with Crippen molar-refractivity contribution in [3.05, 3.63) is 58.0 Å². The number of rotatable bonds is 8. The Balaban J connectivity index is 0.000000838. The molecule has 0 spiro atoms. The third-order valence-electron chi connectivity index (χ3n) is 6.30. The molecule has 22 heteroatoms. The largest absolute Gasteiger partial charge is 0.490 e.